The Balaban J connectivity index is 2.18. The predicted molar refractivity (Wildman–Crippen MR) is 86.5 cm³/mol. The van der Waals surface area contributed by atoms with Gasteiger partial charge in [0, 0.05) is 32.7 Å². The van der Waals surface area contributed by atoms with Gasteiger partial charge in [-0.3, -0.25) is 9.48 Å². The van der Waals surface area contributed by atoms with Crippen LogP contribution in [0.3, 0.4) is 0 Å². The Morgan fingerprint density at radius 3 is 2.61 bits per heavy atom. The van der Waals surface area contributed by atoms with E-state index in [1.807, 2.05) is 6.92 Å². The first-order valence-electron chi connectivity index (χ1n) is 7.69. The molecule has 1 aliphatic heterocycles. The Hall–Kier alpha value is -1.45. The molecule has 0 aliphatic carbocycles. The molecule has 0 bridgehead atoms. The standard InChI is InChI=1S/C14H25N5O3S/c1-9-8-15-6-7-19(9)14(20)11(3)17-23(21,22)13-10(2)16-18(5)12(13)4/h9,11,15,17H,6-8H2,1-5H3. The zero-order valence-corrected chi connectivity index (χ0v) is 15.1. The van der Waals surface area contributed by atoms with Gasteiger partial charge in [0.25, 0.3) is 0 Å². The monoisotopic (exact) mass is 343 g/mol. The highest BCUT2D eigenvalue weighted by Crippen LogP contribution is 2.19. The number of nitrogens with one attached hydrogen (secondary N) is 2. The molecule has 0 saturated carbocycles. The van der Waals surface area contributed by atoms with Crippen LogP contribution in [0.4, 0.5) is 0 Å². The van der Waals surface area contributed by atoms with E-state index in [0.717, 1.165) is 6.54 Å². The van der Waals surface area contributed by atoms with Gasteiger partial charge in [0.15, 0.2) is 0 Å². The molecule has 9 heteroatoms. The van der Waals surface area contributed by atoms with Gasteiger partial charge >= 0.3 is 0 Å². The van der Waals surface area contributed by atoms with Crippen molar-refractivity contribution >= 4 is 15.9 Å². The number of carbonyl (C=O) groups excluding carboxylic acids is 1. The van der Waals surface area contributed by atoms with Gasteiger partial charge in [0.2, 0.25) is 15.9 Å². The summed E-state index contributed by atoms with van der Waals surface area (Å²) < 4.78 is 29.3. The van der Waals surface area contributed by atoms with Gasteiger partial charge in [-0.05, 0) is 27.7 Å². The summed E-state index contributed by atoms with van der Waals surface area (Å²) in [6.45, 7) is 8.88. The van der Waals surface area contributed by atoms with Crippen LogP contribution in [0.15, 0.2) is 4.90 Å². The summed E-state index contributed by atoms with van der Waals surface area (Å²) in [7, 11) is -2.10. The number of nitrogens with zero attached hydrogens (tertiary/aromatic N) is 3. The minimum atomic E-state index is -3.80. The number of sulfonamides is 1. The quantitative estimate of drug-likeness (QED) is 0.770. The van der Waals surface area contributed by atoms with Gasteiger partial charge in [-0.1, -0.05) is 0 Å². The molecule has 130 valence electrons. The van der Waals surface area contributed by atoms with Crippen LogP contribution in [0.1, 0.15) is 25.2 Å². The fourth-order valence-corrected chi connectivity index (χ4v) is 4.54. The molecule has 0 spiro atoms. The molecule has 1 aromatic heterocycles. The van der Waals surface area contributed by atoms with E-state index in [2.05, 4.69) is 15.1 Å². The summed E-state index contributed by atoms with van der Waals surface area (Å²) in [5, 5.41) is 7.33. The van der Waals surface area contributed by atoms with Crippen molar-refractivity contribution in [2.45, 2.75) is 44.7 Å². The van der Waals surface area contributed by atoms with Crippen LogP contribution in [-0.2, 0) is 21.9 Å². The number of amides is 1. The van der Waals surface area contributed by atoms with E-state index in [-0.39, 0.29) is 16.8 Å². The fraction of sp³-hybridized carbons (Fsp3) is 0.714. The van der Waals surface area contributed by atoms with Crippen LogP contribution in [0.5, 0.6) is 0 Å². The highest BCUT2D eigenvalue weighted by Gasteiger charge is 2.31. The molecule has 2 atom stereocenters. The van der Waals surface area contributed by atoms with E-state index >= 15 is 0 Å². The number of aryl methyl sites for hydroxylation is 2. The zero-order valence-electron chi connectivity index (χ0n) is 14.3. The van der Waals surface area contributed by atoms with Gasteiger partial charge < -0.3 is 10.2 Å². The number of rotatable bonds is 4. The summed E-state index contributed by atoms with van der Waals surface area (Å²) in [5.41, 5.74) is 0.970. The average Bonchev–Trinajstić information content (AvgIpc) is 2.71. The SMILES string of the molecule is Cc1nn(C)c(C)c1S(=O)(=O)NC(C)C(=O)N1CCNCC1C. The van der Waals surface area contributed by atoms with Crippen molar-refractivity contribution < 1.29 is 13.2 Å². The first-order chi connectivity index (χ1) is 10.6. The van der Waals surface area contributed by atoms with Crippen LogP contribution >= 0.6 is 0 Å². The second-order valence-corrected chi connectivity index (χ2v) is 7.70. The van der Waals surface area contributed by atoms with Crippen molar-refractivity contribution in [3.05, 3.63) is 11.4 Å². The van der Waals surface area contributed by atoms with E-state index in [1.54, 1.807) is 32.7 Å². The second kappa shape index (κ2) is 6.58. The van der Waals surface area contributed by atoms with Crippen LogP contribution in [-0.4, -0.2) is 60.7 Å². The normalized spacial score (nSPS) is 20.6. The molecule has 1 fully saturated rings. The first-order valence-corrected chi connectivity index (χ1v) is 9.17. The van der Waals surface area contributed by atoms with E-state index < -0.39 is 16.1 Å². The Labute approximate surface area is 137 Å². The highest BCUT2D eigenvalue weighted by molar-refractivity contribution is 7.89. The molecule has 2 unspecified atom stereocenters. The number of hydrogen-bond donors (Lipinski definition) is 2. The fourth-order valence-electron chi connectivity index (χ4n) is 2.90. The minimum Gasteiger partial charge on any atom is -0.336 e. The Bertz CT molecular complexity index is 698. The number of aromatic nitrogens is 2. The Morgan fingerprint density at radius 2 is 2.09 bits per heavy atom. The van der Waals surface area contributed by atoms with Crippen LogP contribution in [0, 0.1) is 13.8 Å². The van der Waals surface area contributed by atoms with Crippen molar-refractivity contribution in [1.82, 2.24) is 24.7 Å². The summed E-state index contributed by atoms with van der Waals surface area (Å²) in [5.74, 6) is -0.207. The molecule has 0 radical (unpaired) electrons. The van der Waals surface area contributed by atoms with Gasteiger partial charge in [0.05, 0.1) is 17.4 Å². The lowest BCUT2D eigenvalue weighted by atomic mass is 10.2. The van der Waals surface area contributed by atoms with Crippen LogP contribution in [0.2, 0.25) is 0 Å². The van der Waals surface area contributed by atoms with Crippen LogP contribution < -0.4 is 10.0 Å². The largest absolute Gasteiger partial charge is 0.336 e. The first kappa shape index (κ1) is 17.9. The lowest BCUT2D eigenvalue weighted by Crippen LogP contribution is -2.57. The Kier molecular flexibility index (Phi) is 5.12. The summed E-state index contributed by atoms with van der Waals surface area (Å²) in [6.07, 6.45) is 0. The third kappa shape index (κ3) is 3.56. The molecule has 2 rings (SSSR count). The third-order valence-corrected chi connectivity index (χ3v) is 5.99. The van der Waals surface area contributed by atoms with Gasteiger partial charge in [0.1, 0.15) is 4.90 Å². The maximum atomic E-state index is 12.6. The number of piperazine rings is 1. The van der Waals surface area contributed by atoms with E-state index in [4.69, 9.17) is 0 Å². The smallest absolute Gasteiger partial charge is 0.244 e. The van der Waals surface area contributed by atoms with Crippen molar-refractivity contribution in [3.63, 3.8) is 0 Å². The molecule has 1 aliphatic rings. The lowest BCUT2D eigenvalue weighted by molar-refractivity contribution is -0.135. The molecule has 23 heavy (non-hydrogen) atoms. The third-order valence-electron chi connectivity index (χ3n) is 4.20. The van der Waals surface area contributed by atoms with Crippen molar-refractivity contribution in [2.75, 3.05) is 19.6 Å². The second-order valence-electron chi connectivity index (χ2n) is 6.05. The van der Waals surface area contributed by atoms with Gasteiger partial charge in [-0.25, -0.2) is 8.42 Å². The molecule has 8 nitrogen and oxygen atoms in total. The lowest BCUT2D eigenvalue weighted by Gasteiger charge is -2.35. The number of carbonyl (C=O) groups is 1. The van der Waals surface area contributed by atoms with Crippen LogP contribution in [0.25, 0.3) is 0 Å². The summed E-state index contributed by atoms with van der Waals surface area (Å²) >= 11 is 0. The molecular weight excluding hydrogens is 318 g/mol. The molecule has 0 aromatic carbocycles. The molecule has 1 saturated heterocycles. The zero-order chi connectivity index (χ0) is 17.4. The van der Waals surface area contributed by atoms with Crippen molar-refractivity contribution in [1.29, 1.82) is 0 Å². The van der Waals surface area contributed by atoms with E-state index in [9.17, 15) is 13.2 Å². The highest BCUT2D eigenvalue weighted by atomic mass is 32.2. The summed E-state index contributed by atoms with van der Waals surface area (Å²) in [6, 6.07) is -0.773. The maximum Gasteiger partial charge on any atom is 0.244 e. The van der Waals surface area contributed by atoms with E-state index in [0.29, 0.717) is 24.5 Å². The average molecular weight is 343 g/mol. The molecule has 2 heterocycles. The topological polar surface area (TPSA) is 96.3 Å². The van der Waals surface area contributed by atoms with Crippen molar-refractivity contribution in [3.8, 4) is 0 Å². The van der Waals surface area contributed by atoms with Gasteiger partial charge in [-0.15, -0.1) is 0 Å². The van der Waals surface area contributed by atoms with Crippen molar-refractivity contribution in [2.24, 2.45) is 7.05 Å². The number of hydrogen-bond acceptors (Lipinski definition) is 5. The van der Waals surface area contributed by atoms with E-state index in [1.165, 1.54) is 4.68 Å². The van der Waals surface area contributed by atoms with Gasteiger partial charge in [-0.2, -0.15) is 9.82 Å². The molecule has 2 N–H and O–H groups in total. The Morgan fingerprint density at radius 1 is 1.43 bits per heavy atom. The summed E-state index contributed by atoms with van der Waals surface area (Å²) in [4.78, 5) is 14.4. The minimum absolute atomic E-state index is 0.0464. The molecule has 1 aromatic rings. The maximum absolute atomic E-state index is 12.6. The molecule has 1 amide bonds. The predicted octanol–water partition coefficient (Wildman–Crippen LogP) is -0.476. The molecular formula is C14H25N5O3S.